The lowest BCUT2D eigenvalue weighted by Crippen LogP contribution is -2.62. The summed E-state index contributed by atoms with van der Waals surface area (Å²) in [5, 5.41) is 61.5. The van der Waals surface area contributed by atoms with Gasteiger partial charge in [0.05, 0.1) is 31.4 Å². The number of hydrogen-bond acceptors (Lipinski definition) is 25. The molecule has 2 bridgehead atoms. The topological polar surface area (TPSA) is 590 Å². The lowest BCUT2D eigenvalue weighted by Gasteiger charge is -2.36. The highest BCUT2D eigenvalue weighted by Crippen LogP contribution is 2.30. The molecule has 4 saturated heterocycles. The summed E-state index contributed by atoms with van der Waals surface area (Å²) < 4.78 is 6.34. The maximum atomic E-state index is 15.6. The van der Waals surface area contributed by atoms with Gasteiger partial charge in [-0.1, -0.05) is 102 Å². The van der Waals surface area contributed by atoms with Gasteiger partial charge in [-0.15, -0.1) is 23.1 Å². The molecule has 5 aromatic rings. The van der Waals surface area contributed by atoms with E-state index in [0.717, 1.165) is 43.1 Å². The number of unbranched alkanes of at least 4 members (excludes halogenated alkanes) is 2. The van der Waals surface area contributed by atoms with E-state index in [-0.39, 0.29) is 76.0 Å². The van der Waals surface area contributed by atoms with Gasteiger partial charge in [0.15, 0.2) is 0 Å². The Kier molecular flexibility index (Phi) is 35.6. The molecule has 126 heavy (non-hydrogen) atoms. The van der Waals surface area contributed by atoms with E-state index in [0.29, 0.717) is 63.6 Å². The Morgan fingerprint density at radius 1 is 0.587 bits per heavy atom. The second kappa shape index (κ2) is 45.9. The van der Waals surface area contributed by atoms with Crippen molar-refractivity contribution in [1.82, 2.24) is 82.7 Å². The molecule has 3 aromatic carbocycles. The molecule has 0 spiro atoms. The molecule has 20 N–H and O–H groups in total. The van der Waals surface area contributed by atoms with Crippen LogP contribution >= 0.6 is 23.1 Å². The van der Waals surface area contributed by atoms with E-state index >= 15 is 28.8 Å². The Morgan fingerprint density at radius 3 is 1.83 bits per heavy atom. The number of thioether (sulfide) groups is 1. The number of nitrogens with two attached hydrogens (primary N) is 3. The van der Waals surface area contributed by atoms with Crippen molar-refractivity contribution in [2.75, 3.05) is 72.0 Å². The highest BCUT2D eigenvalue weighted by atomic mass is 32.2. The number of aromatic hydroxyl groups is 1. The Bertz CT molecular complexity index is 4800. The smallest absolute Gasteiger partial charge is 0.310 e. The first-order valence-corrected chi connectivity index (χ1v) is 44.1. The largest absolute Gasteiger partial charge is 0.508 e. The van der Waals surface area contributed by atoms with E-state index in [1.807, 2.05) is 32.0 Å². The highest BCUT2D eigenvalue weighted by Gasteiger charge is 2.48. The third kappa shape index (κ3) is 25.5. The minimum Gasteiger partial charge on any atom is -0.508 e. The van der Waals surface area contributed by atoms with Crippen molar-refractivity contribution in [2.45, 2.75) is 208 Å². The summed E-state index contributed by atoms with van der Waals surface area (Å²) in [6.07, 6.45) is -2.05. The molecule has 684 valence electrons. The zero-order valence-electron chi connectivity index (χ0n) is 71.4. The normalized spacial score (nSPS) is 26.2. The van der Waals surface area contributed by atoms with Crippen molar-refractivity contribution >= 4 is 145 Å². The van der Waals surface area contributed by atoms with E-state index in [9.17, 15) is 68.1 Å². The van der Waals surface area contributed by atoms with Crippen molar-refractivity contribution in [1.29, 1.82) is 0 Å². The molecule has 4 aliphatic rings. The van der Waals surface area contributed by atoms with Gasteiger partial charge in [0, 0.05) is 101 Å². The lowest BCUT2D eigenvalue weighted by atomic mass is 10.00. The molecule has 4 aliphatic heterocycles. The average Bonchev–Trinajstić information content (AvgIpc) is 1.53. The van der Waals surface area contributed by atoms with Gasteiger partial charge in [0.25, 0.3) is 12.1 Å². The number of H-pyrrole nitrogens is 1. The number of fused-ring (bicyclic) bond motifs is 7. The number of phenols is 1. The highest BCUT2D eigenvalue weighted by molar-refractivity contribution is 8.00. The quantitative estimate of drug-likeness (QED) is 0.0336. The number of aliphatic hydroxyl groups is 2. The fourth-order valence-electron chi connectivity index (χ4n) is 15.7. The number of aliphatic hydroxyl groups excluding tert-OH is 2. The van der Waals surface area contributed by atoms with Crippen molar-refractivity contribution in [2.24, 2.45) is 23.1 Å². The van der Waals surface area contributed by atoms with Crippen molar-refractivity contribution in [3.8, 4) is 5.75 Å². The Balaban J connectivity index is 1.06. The molecule has 9 rings (SSSR count). The molecule has 6 heterocycles. The van der Waals surface area contributed by atoms with Crippen molar-refractivity contribution < 1.29 is 102 Å². The maximum absolute atomic E-state index is 15.6. The molecule has 0 unspecified atom stereocenters. The second-order valence-corrected chi connectivity index (χ2v) is 34.2. The average molecular weight is 1790 g/mol. The molecular formula is C84H115N19O21S2. The number of esters is 1. The number of thiophene rings is 1. The van der Waals surface area contributed by atoms with Crippen LogP contribution in [0.5, 0.6) is 5.75 Å². The number of benzene rings is 3. The first kappa shape index (κ1) is 97.9. The first-order chi connectivity index (χ1) is 60.1. The Morgan fingerprint density at radius 2 is 1.16 bits per heavy atom. The number of nitrogens with one attached hydrogen (secondary N) is 11. The van der Waals surface area contributed by atoms with E-state index in [1.165, 1.54) is 49.7 Å². The number of rotatable bonds is 20. The van der Waals surface area contributed by atoms with Crippen LogP contribution < -0.4 is 70.4 Å². The summed E-state index contributed by atoms with van der Waals surface area (Å²) in [7, 11) is 3.76. The lowest BCUT2D eigenvalue weighted by molar-refractivity contribution is -0.169. The molecule has 2 aromatic heterocycles. The van der Waals surface area contributed by atoms with Crippen LogP contribution in [0, 0.1) is 5.92 Å². The standard InChI is InChI=1S/C84H115N19O21S2/c1-8-10-20-62-75(115)95-59(36-86)73(113)98-61(70(110)89-38-67(87)107)42-125-43-68(108)90-55(30-45-24-26-48(105)27-25-45)80(120)101(7)84-78(118)94-57(34-69(109)124-84)81(121)102-28-16-22-63(102)76(116)96-58(35-85)72(112)92-54(29-44(3)4)82(122)103-39-49(106)33-65(103)77(117)91-53(31-46-37-88-52-19-14-12-17-50(46)52)71(111)97-60(40-104)74(114)93-56(32-47-41-126-66-23-15-13-18-51(47)66)79(119)100(6)64(21-11-9-2)83(123)99(62)5/h12-15,17-19,23-27,37,41,44,49,53-65,84,88,104-106H,8-11,16,20-22,28-36,38-40,42-43,85-86H2,1-7H3,(H2,87,107)(H,89,110)(H,90,108)(H,91,117)(H,92,112)(H,93,114)(H,94,118)(H,95,115)(H,96,116)(H,97,111)(H,98,113)/t49-,53+,54+,55+,56+,57+,58+,59+,60+,61+,62+,63+,64+,65+,84-/m1/s1. The van der Waals surface area contributed by atoms with Crippen LogP contribution in [0.2, 0.25) is 0 Å². The summed E-state index contributed by atoms with van der Waals surface area (Å²) in [6.45, 7) is 3.61. The van der Waals surface area contributed by atoms with Crippen LogP contribution in [0.1, 0.15) is 115 Å². The maximum Gasteiger partial charge on any atom is 0.310 e. The number of phenolic OH excluding ortho intramolecular Hbond substituents is 1. The summed E-state index contributed by atoms with van der Waals surface area (Å²) in [6, 6.07) is -0.546. The van der Waals surface area contributed by atoms with E-state index in [4.69, 9.17) is 21.9 Å². The number of likely N-dealkylation sites (N-methyl/N-ethyl adjacent to an activating group) is 3. The third-order valence-electron chi connectivity index (χ3n) is 22.5. The number of para-hydroxylation sites is 1. The van der Waals surface area contributed by atoms with Crippen molar-refractivity contribution in [3.05, 3.63) is 101 Å². The monoisotopic (exact) mass is 1790 g/mol. The molecule has 16 amide bonds. The fourth-order valence-corrected chi connectivity index (χ4v) is 17.5. The number of ether oxygens (including phenoxy) is 1. The summed E-state index contributed by atoms with van der Waals surface area (Å²) in [5.74, 6) is -18.1. The third-order valence-corrected chi connectivity index (χ3v) is 24.6. The number of amides is 16. The molecule has 15 atom stereocenters. The molecule has 0 radical (unpaired) electrons. The van der Waals surface area contributed by atoms with Crippen LogP contribution in [0.3, 0.4) is 0 Å². The number of primary amides is 1. The zero-order valence-corrected chi connectivity index (χ0v) is 73.0. The van der Waals surface area contributed by atoms with Crippen LogP contribution in [0.15, 0.2) is 84.4 Å². The van der Waals surface area contributed by atoms with E-state index in [1.54, 1.807) is 55.8 Å². The van der Waals surface area contributed by atoms with E-state index < -0.39 is 242 Å². The number of aromatic nitrogens is 1. The Hall–Kier alpha value is -11.9. The van der Waals surface area contributed by atoms with Crippen molar-refractivity contribution in [3.63, 3.8) is 0 Å². The van der Waals surface area contributed by atoms with Gasteiger partial charge >= 0.3 is 5.97 Å². The first-order valence-electron chi connectivity index (χ1n) is 42.0. The van der Waals surface area contributed by atoms with Gasteiger partial charge in [-0.05, 0) is 89.7 Å². The Labute approximate surface area is 735 Å². The van der Waals surface area contributed by atoms with Gasteiger partial charge < -0.3 is 120 Å². The SMILES string of the molecule is CCCC[C@H]1C(=O)N(C)[C@@H](CCCC)C(=O)N[C@@H](CN)C(=O)N[C@H](C(=O)NCC(N)=O)CSCC(=O)N[C@@H](Cc2ccc(O)cc2)C(=O)N(C)[C@@H]2OC(=O)C[C@H](NC2=O)C(=O)N2CCC[C@H]2C(=O)N[C@@H](CN)C(=O)N[C@@H](CC(C)C)C(=O)N2C[C@H](O)C[C@H]2C(=O)N[C@@H](Cc2c[nH]c3ccccc23)C(=O)N[C@@H](CO)C(=O)N[C@@H](Cc2csc3ccccc23)C(=O)N1C. The van der Waals surface area contributed by atoms with Crippen LogP contribution in [0.4, 0.5) is 0 Å². The summed E-state index contributed by atoms with van der Waals surface area (Å²) in [4.78, 5) is 255. The summed E-state index contributed by atoms with van der Waals surface area (Å²) >= 11 is 2.09. The molecule has 40 nitrogen and oxygen atoms in total. The minimum atomic E-state index is -2.09. The minimum absolute atomic E-state index is 0.00175. The van der Waals surface area contributed by atoms with Crippen LogP contribution in [-0.2, 0) is 106 Å². The number of carbonyl (C=O) groups excluding carboxylic acids is 17. The number of carbonyl (C=O) groups is 17. The van der Waals surface area contributed by atoms with Gasteiger partial charge in [-0.3, -0.25) is 81.5 Å². The molecule has 4 fully saturated rings. The fraction of sp³-hybridized carbons (Fsp3) is 0.536. The number of hydrogen-bond donors (Lipinski definition) is 17. The van der Waals surface area contributed by atoms with E-state index in [2.05, 4.69) is 58.2 Å². The number of nitrogens with zero attached hydrogens (tertiary/aromatic N) is 5. The zero-order chi connectivity index (χ0) is 91.9. The van der Waals surface area contributed by atoms with Crippen LogP contribution in [0.25, 0.3) is 21.0 Å². The van der Waals surface area contributed by atoms with Gasteiger partial charge in [0.1, 0.15) is 84.3 Å². The van der Waals surface area contributed by atoms with Crippen LogP contribution in [-0.4, -0.2) is 308 Å². The summed E-state index contributed by atoms with van der Waals surface area (Å²) in [5.41, 5.74) is 19.8. The predicted octanol–water partition coefficient (Wildman–Crippen LogP) is -3.50. The second-order valence-electron chi connectivity index (χ2n) is 32.3. The molecule has 0 aliphatic carbocycles. The molecule has 42 heteroatoms. The van der Waals surface area contributed by atoms with Gasteiger partial charge in [-0.25, -0.2) is 0 Å². The molecular weight excluding hydrogens is 1680 g/mol. The van der Waals surface area contributed by atoms with Gasteiger partial charge in [0.2, 0.25) is 88.6 Å². The molecule has 0 saturated carbocycles. The number of aromatic amines is 1. The van der Waals surface area contributed by atoms with Gasteiger partial charge in [-0.2, -0.15) is 0 Å². The predicted molar refractivity (Wildman–Crippen MR) is 461 cm³/mol.